The maximum absolute atomic E-state index is 12.6. The van der Waals surface area contributed by atoms with Crippen molar-refractivity contribution in [3.05, 3.63) is 69.1 Å². The third-order valence-corrected chi connectivity index (χ3v) is 6.25. The second-order valence-corrected chi connectivity index (χ2v) is 8.31. The topological polar surface area (TPSA) is 73.2 Å². The predicted molar refractivity (Wildman–Crippen MR) is 113 cm³/mol. The zero-order valence-corrected chi connectivity index (χ0v) is 17.5. The molecule has 3 aromatic rings. The van der Waals surface area contributed by atoms with Crippen LogP contribution >= 0.6 is 23.1 Å². The van der Waals surface area contributed by atoms with Gasteiger partial charge in [0.2, 0.25) is 11.3 Å². The summed E-state index contributed by atoms with van der Waals surface area (Å²) in [7, 11) is 1.45. The highest BCUT2D eigenvalue weighted by molar-refractivity contribution is 8.00. The monoisotopic (exact) mass is 415 g/mol. The van der Waals surface area contributed by atoms with E-state index in [0.29, 0.717) is 5.75 Å². The number of para-hydroxylation sites is 1. The lowest BCUT2D eigenvalue weighted by Gasteiger charge is -2.15. The number of ether oxygens (including phenoxy) is 1. The molecule has 0 saturated carbocycles. The molecule has 0 spiro atoms. The van der Waals surface area contributed by atoms with Crippen molar-refractivity contribution in [1.29, 1.82) is 0 Å². The second kappa shape index (κ2) is 9.07. The Balaban J connectivity index is 1.80. The van der Waals surface area contributed by atoms with Crippen LogP contribution in [0.1, 0.15) is 17.0 Å². The molecule has 1 amide bonds. The summed E-state index contributed by atoms with van der Waals surface area (Å²) < 4.78 is 7.82. The van der Waals surface area contributed by atoms with Gasteiger partial charge in [-0.2, -0.15) is 0 Å². The van der Waals surface area contributed by atoms with Crippen molar-refractivity contribution >= 4 is 34.7 Å². The summed E-state index contributed by atoms with van der Waals surface area (Å²) in [4.78, 5) is 29.2. The van der Waals surface area contributed by atoms with E-state index in [-0.39, 0.29) is 23.6 Å². The van der Waals surface area contributed by atoms with Gasteiger partial charge in [-0.05, 0) is 25.5 Å². The number of methoxy groups -OCH3 is 1. The van der Waals surface area contributed by atoms with E-state index >= 15 is 0 Å². The lowest BCUT2D eigenvalue weighted by molar-refractivity contribution is -0.116. The molecule has 8 heteroatoms. The van der Waals surface area contributed by atoms with Gasteiger partial charge in [0, 0.05) is 34.3 Å². The minimum atomic E-state index is -0.205. The van der Waals surface area contributed by atoms with Crippen LogP contribution in [0.15, 0.2) is 51.0 Å². The molecule has 0 aliphatic carbocycles. The van der Waals surface area contributed by atoms with Gasteiger partial charge in [0.15, 0.2) is 5.75 Å². The average Bonchev–Trinajstić information content (AvgIpc) is 3.08. The number of benzene rings is 1. The summed E-state index contributed by atoms with van der Waals surface area (Å²) in [5.41, 5.74) is 3.27. The highest BCUT2D eigenvalue weighted by atomic mass is 32.2. The van der Waals surface area contributed by atoms with Crippen LogP contribution in [0.2, 0.25) is 0 Å². The Morgan fingerprint density at radius 2 is 2.11 bits per heavy atom. The fourth-order valence-electron chi connectivity index (χ4n) is 2.61. The van der Waals surface area contributed by atoms with Crippen LogP contribution in [0.5, 0.6) is 5.75 Å². The van der Waals surface area contributed by atoms with Crippen molar-refractivity contribution in [1.82, 2.24) is 9.55 Å². The van der Waals surface area contributed by atoms with E-state index in [1.54, 1.807) is 22.1 Å². The van der Waals surface area contributed by atoms with Gasteiger partial charge in [-0.15, -0.1) is 11.3 Å². The number of nitrogens with zero attached hydrogens (tertiary/aromatic N) is 2. The minimum absolute atomic E-state index is 0.0811. The van der Waals surface area contributed by atoms with Crippen molar-refractivity contribution in [3.8, 4) is 5.75 Å². The van der Waals surface area contributed by atoms with E-state index < -0.39 is 0 Å². The molecule has 0 unspecified atom stereocenters. The minimum Gasteiger partial charge on any atom is -0.491 e. The van der Waals surface area contributed by atoms with Crippen LogP contribution in [0, 0.1) is 13.8 Å². The Bertz CT molecular complexity index is 1040. The number of aryl methyl sites for hydroxylation is 2. The SMILES string of the molecule is COc1cn(CC(=O)Nc2ccccc2C)c(CSc2nc(C)cs2)cc1=O. The maximum Gasteiger partial charge on any atom is 0.244 e. The molecule has 2 heterocycles. The highest BCUT2D eigenvalue weighted by Crippen LogP contribution is 2.26. The van der Waals surface area contributed by atoms with Crippen molar-refractivity contribution in [2.75, 3.05) is 12.4 Å². The molecular formula is C20H21N3O3S2. The normalized spacial score (nSPS) is 10.7. The molecule has 0 bridgehead atoms. The molecule has 1 N–H and O–H groups in total. The summed E-state index contributed by atoms with van der Waals surface area (Å²) >= 11 is 3.10. The number of hydrogen-bond acceptors (Lipinski definition) is 6. The summed E-state index contributed by atoms with van der Waals surface area (Å²) in [5, 5.41) is 4.90. The fourth-order valence-corrected chi connectivity index (χ4v) is 4.45. The van der Waals surface area contributed by atoms with Crippen molar-refractivity contribution in [3.63, 3.8) is 0 Å². The van der Waals surface area contributed by atoms with E-state index in [4.69, 9.17) is 4.74 Å². The number of aromatic nitrogens is 2. The number of thiazole rings is 1. The molecule has 0 aliphatic heterocycles. The lowest BCUT2D eigenvalue weighted by atomic mass is 10.2. The Kier molecular flexibility index (Phi) is 6.53. The molecule has 0 saturated heterocycles. The van der Waals surface area contributed by atoms with E-state index in [0.717, 1.165) is 27.0 Å². The largest absolute Gasteiger partial charge is 0.491 e. The first-order chi connectivity index (χ1) is 13.5. The summed E-state index contributed by atoms with van der Waals surface area (Å²) in [6.45, 7) is 3.97. The number of thioether (sulfide) groups is 1. The van der Waals surface area contributed by atoms with E-state index in [1.165, 1.54) is 24.9 Å². The van der Waals surface area contributed by atoms with Gasteiger partial charge in [0.1, 0.15) is 10.9 Å². The fraction of sp³-hybridized carbons (Fsp3) is 0.250. The Hall–Kier alpha value is -2.58. The quantitative estimate of drug-likeness (QED) is 0.593. The zero-order valence-electron chi connectivity index (χ0n) is 15.9. The third kappa shape index (κ3) is 5.02. The number of anilines is 1. The average molecular weight is 416 g/mol. The van der Waals surface area contributed by atoms with E-state index in [9.17, 15) is 9.59 Å². The van der Waals surface area contributed by atoms with E-state index in [2.05, 4.69) is 10.3 Å². The van der Waals surface area contributed by atoms with Gasteiger partial charge in [-0.25, -0.2) is 4.98 Å². The van der Waals surface area contributed by atoms with Crippen molar-refractivity contribution in [2.24, 2.45) is 0 Å². The summed E-state index contributed by atoms with van der Waals surface area (Å²) in [5.74, 6) is 0.572. The van der Waals surface area contributed by atoms with Crippen LogP contribution in [0.25, 0.3) is 0 Å². The maximum atomic E-state index is 12.6. The van der Waals surface area contributed by atoms with Crippen LogP contribution in [0.3, 0.4) is 0 Å². The first-order valence-corrected chi connectivity index (χ1v) is 10.5. The van der Waals surface area contributed by atoms with Gasteiger partial charge in [0.05, 0.1) is 13.3 Å². The molecule has 6 nitrogen and oxygen atoms in total. The number of amides is 1. The van der Waals surface area contributed by atoms with Crippen LogP contribution < -0.4 is 15.5 Å². The molecule has 2 aromatic heterocycles. The predicted octanol–water partition coefficient (Wildman–Crippen LogP) is 3.86. The van der Waals surface area contributed by atoms with Gasteiger partial charge in [0.25, 0.3) is 0 Å². The second-order valence-electron chi connectivity index (χ2n) is 6.23. The Morgan fingerprint density at radius 1 is 1.32 bits per heavy atom. The van der Waals surface area contributed by atoms with Crippen molar-refractivity contribution < 1.29 is 9.53 Å². The van der Waals surface area contributed by atoms with Crippen LogP contribution in [-0.4, -0.2) is 22.6 Å². The van der Waals surface area contributed by atoms with E-state index in [1.807, 2.05) is 43.5 Å². The van der Waals surface area contributed by atoms with Gasteiger partial charge in [-0.1, -0.05) is 30.0 Å². The molecular weight excluding hydrogens is 394 g/mol. The molecule has 0 radical (unpaired) electrons. The molecule has 0 aliphatic rings. The molecule has 3 rings (SSSR count). The number of carbonyl (C=O) groups is 1. The number of pyridine rings is 1. The molecule has 0 atom stereocenters. The van der Waals surface area contributed by atoms with Gasteiger partial charge in [-0.3, -0.25) is 9.59 Å². The summed E-state index contributed by atoms with van der Waals surface area (Å²) in [6.07, 6.45) is 1.59. The highest BCUT2D eigenvalue weighted by Gasteiger charge is 2.12. The Labute approximate surface area is 171 Å². The molecule has 146 valence electrons. The number of hydrogen-bond donors (Lipinski definition) is 1. The van der Waals surface area contributed by atoms with Crippen molar-refractivity contribution in [2.45, 2.75) is 30.5 Å². The first kappa shape index (κ1) is 20.2. The molecule has 1 aromatic carbocycles. The summed E-state index contributed by atoms with van der Waals surface area (Å²) in [6, 6.07) is 9.13. The number of rotatable bonds is 7. The van der Waals surface area contributed by atoms with Crippen LogP contribution in [0.4, 0.5) is 5.69 Å². The third-order valence-electron chi connectivity index (χ3n) is 4.08. The number of nitrogens with one attached hydrogen (secondary N) is 1. The molecule has 0 fully saturated rings. The van der Waals surface area contributed by atoms with Gasteiger partial charge >= 0.3 is 0 Å². The lowest BCUT2D eigenvalue weighted by Crippen LogP contribution is -2.23. The first-order valence-electron chi connectivity index (χ1n) is 8.64. The zero-order chi connectivity index (χ0) is 20.1. The molecule has 28 heavy (non-hydrogen) atoms. The van der Waals surface area contributed by atoms with Gasteiger partial charge < -0.3 is 14.6 Å². The smallest absolute Gasteiger partial charge is 0.244 e. The number of carbonyl (C=O) groups excluding carboxylic acids is 1. The standard InChI is InChI=1S/C20H21N3O3S2/c1-13-6-4-5-7-16(13)22-19(25)10-23-9-18(26-3)17(24)8-15(23)12-28-20-21-14(2)11-27-20/h4-9,11H,10,12H2,1-3H3,(H,22,25). The Morgan fingerprint density at radius 3 is 2.79 bits per heavy atom. The van der Waals surface area contributed by atoms with Crippen LogP contribution in [-0.2, 0) is 17.1 Å².